The maximum absolute atomic E-state index is 11.4. The first kappa shape index (κ1) is 15.1. The zero-order valence-electron chi connectivity index (χ0n) is 10.5. The molecule has 0 heterocycles. The molecule has 2 N–H and O–H groups in total. The van der Waals surface area contributed by atoms with Crippen molar-refractivity contribution in [1.29, 1.82) is 0 Å². The standard InChI is InChI=1S/C12H23NO3/c1-4-5-8-16-11(14)7-6-10(13)12(15)9(2)3/h9-10H,4-8,13H2,1-3H3. The molecule has 0 aromatic rings. The fourth-order valence-electron chi connectivity index (χ4n) is 1.25. The highest BCUT2D eigenvalue weighted by Crippen LogP contribution is 2.04. The number of esters is 1. The number of Topliss-reactive ketones (excluding diaryl/α,β-unsaturated/α-hetero) is 1. The second kappa shape index (κ2) is 8.28. The van der Waals surface area contributed by atoms with Crippen LogP contribution in [0.15, 0.2) is 0 Å². The Labute approximate surface area is 97.5 Å². The maximum atomic E-state index is 11.4. The molecule has 16 heavy (non-hydrogen) atoms. The van der Waals surface area contributed by atoms with Gasteiger partial charge in [-0.05, 0) is 12.8 Å². The predicted molar refractivity (Wildman–Crippen MR) is 62.9 cm³/mol. The monoisotopic (exact) mass is 229 g/mol. The molecule has 0 radical (unpaired) electrons. The van der Waals surface area contributed by atoms with Gasteiger partial charge in [0, 0.05) is 12.3 Å². The summed E-state index contributed by atoms with van der Waals surface area (Å²) in [5.41, 5.74) is 5.66. The topological polar surface area (TPSA) is 69.4 Å². The van der Waals surface area contributed by atoms with Crippen LogP contribution in [0.3, 0.4) is 0 Å². The smallest absolute Gasteiger partial charge is 0.305 e. The summed E-state index contributed by atoms with van der Waals surface area (Å²) in [6, 6.07) is -0.543. The molecule has 0 bridgehead atoms. The normalized spacial score (nSPS) is 12.6. The Morgan fingerprint density at radius 1 is 1.31 bits per heavy atom. The molecule has 0 aliphatic carbocycles. The largest absolute Gasteiger partial charge is 0.466 e. The van der Waals surface area contributed by atoms with Crippen LogP contribution >= 0.6 is 0 Å². The predicted octanol–water partition coefficient (Wildman–Crippen LogP) is 1.66. The minimum atomic E-state index is -0.543. The lowest BCUT2D eigenvalue weighted by atomic mass is 9.99. The Morgan fingerprint density at radius 2 is 1.94 bits per heavy atom. The Bertz CT molecular complexity index is 226. The van der Waals surface area contributed by atoms with Crippen LogP contribution in [0, 0.1) is 5.92 Å². The van der Waals surface area contributed by atoms with Gasteiger partial charge < -0.3 is 10.5 Å². The van der Waals surface area contributed by atoms with Crippen molar-refractivity contribution in [1.82, 2.24) is 0 Å². The minimum absolute atomic E-state index is 0.00126. The SMILES string of the molecule is CCCCOC(=O)CCC(N)C(=O)C(C)C. The van der Waals surface area contributed by atoms with Gasteiger partial charge in [-0.15, -0.1) is 0 Å². The third-order valence-corrected chi connectivity index (χ3v) is 2.35. The fraction of sp³-hybridized carbons (Fsp3) is 0.833. The fourth-order valence-corrected chi connectivity index (χ4v) is 1.25. The van der Waals surface area contributed by atoms with E-state index in [2.05, 4.69) is 0 Å². The average molecular weight is 229 g/mol. The van der Waals surface area contributed by atoms with Crippen LogP contribution in [0.4, 0.5) is 0 Å². The molecule has 0 aromatic heterocycles. The van der Waals surface area contributed by atoms with Crippen LogP contribution in [0.1, 0.15) is 46.5 Å². The molecule has 4 heteroatoms. The summed E-state index contributed by atoms with van der Waals surface area (Å²) in [7, 11) is 0. The lowest BCUT2D eigenvalue weighted by Gasteiger charge is -2.12. The number of carbonyl (C=O) groups excluding carboxylic acids is 2. The molecule has 0 aliphatic heterocycles. The van der Waals surface area contributed by atoms with E-state index in [1.54, 1.807) is 0 Å². The van der Waals surface area contributed by atoms with Crippen LogP contribution in [0.5, 0.6) is 0 Å². The molecule has 0 aromatic carbocycles. The summed E-state index contributed by atoms with van der Waals surface area (Å²) in [5, 5.41) is 0. The number of rotatable bonds is 8. The number of ether oxygens (including phenoxy) is 1. The summed E-state index contributed by atoms with van der Waals surface area (Å²) in [5.74, 6) is -0.340. The Hall–Kier alpha value is -0.900. The number of carbonyl (C=O) groups is 2. The lowest BCUT2D eigenvalue weighted by molar-refractivity contribution is -0.144. The highest BCUT2D eigenvalue weighted by atomic mass is 16.5. The number of nitrogens with two attached hydrogens (primary N) is 1. The number of ketones is 1. The molecule has 0 saturated heterocycles. The van der Waals surface area contributed by atoms with Gasteiger partial charge in [0.25, 0.3) is 0 Å². The molecule has 0 saturated carbocycles. The van der Waals surface area contributed by atoms with E-state index in [1.807, 2.05) is 20.8 Å². The van der Waals surface area contributed by atoms with Gasteiger partial charge in [0.05, 0.1) is 12.6 Å². The zero-order chi connectivity index (χ0) is 12.6. The third kappa shape index (κ3) is 6.56. The van der Waals surface area contributed by atoms with Crippen LogP contribution in [-0.4, -0.2) is 24.4 Å². The van der Waals surface area contributed by atoms with E-state index in [4.69, 9.17) is 10.5 Å². The van der Waals surface area contributed by atoms with Crippen LogP contribution in [0.25, 0.3) is 0 Å². The molecular formula is C12H23NO3. The van der Waals surface area contributed by atoms with E-state index in [-0.39, 0.29) is 24.1 Å². The summed E-state index contributed by atoms with van der Waals surface area (Å²) in [6.07, 6.45) is 2.48. The number of hydrogen-bond donors (Lipinski definition) is 1. The molecule has 94 valence electrons. The van der Waals surface area contributed by atoms with Crippen molar-refractivity contribution in [2.75, 3.05) is 6.61 Å². The van der Waals surface area contributed by atoms with Gasteiger partial charge in [0.15, 0.2) is 5.78 Å². The van der Waals surface area contributed by atoms with Crippen molar-refractivity contribution in [3.8, 4) is 0 Å². The first-order valence-corrected chi connectivity index (χ1v) is 5.94. The highest BCUT2D eigenvalue weighted by Gasteiger charge is 2.18. The summed E-state index contributed by atoms with van der Waals surface area (Å²) in [6.45, 7) is 6.11. The van der Waals surface area contributed by atoms with Crippen molar-refractivity contribution in [3.63, 3.8) is 0 Å². The molecule has 0 rings (SSSR count). The molecule has 0 spiro atoms. The first-order valence-electron chi connectivity index (χ1n) is 5.94. The molecule has 1 atom stereocenters. The molecule has 0 amide bonds. The first-order chi connectivity index (χ1) is 7.49. The van der Waals surface area contributed by atoms with Gasteiger partial charge in [0.1, 0.15) is 0 Å². The van der Waals surface area contributed by atoms with Crippen molar-refractivity contribution in [2.24, 2.45) is 11.7 Å². The van der Waals surface area contributed by atoms with Crippen LogP contribution < -0.4 is 5.73 Å². The van der Waals surface area contributed by atoms with Crippen molar-refractivity contribution in [2.45, 2.75) is 52.5 Å². The van der Waals surface area contributed by atoms with E-state index >= 15 is 0 Å². The molecule has 0 fully saturated rings. The van der Waals surface area contributed by atoms with Gasteiger partial charge in [-0.3, -0.25) is 9.59 Å². The van der Waals surface area contributed by atoms with Gasteiger partial charge in [-0.2, -0.15) is 0 Å². The van der Waals surface area contributed by atoms with Crippen molar-refractivity contribution >= 4 is 11.8 Å². The second-order valence-corrected chi connectivity index (χ2v) is 4.28. The molecule has 4 nitrogen and oxygen atoms in total. The summed E-state index contributed by atoms with van der Waals surface area (Å²) in [4.78, 5) is 22.7. The van der Waals surface area contributed by atoms with Gasteiger partial charge in [-0.1, -0.05) is 27.2 Å². The van der Waals surface area contributed by atoms with Gasteiger partial charge >= 0.3 is 5.97 Å². The molecule has 1 unspecified atom stereocenters. The van der Waals surface area contributed by atoms with E-state index in [9.17, 15) is 9.59 Å². The Balaban J connectivity index is 3.70. The maximum Gasteiger partial charge on any atom is 0.305 e. The van der Waals surface area contributed by atoms with E-state index in [0.29, 0.717) is 13.0 Å². The van der Waals surface area contributed by atoms with Crippen LogP contribution in [0.2, 0.25) is 0 Å². The van der Waals surface area contributed by atoms with Crippen LogP contribution in [-0.2, 0) is 14.3 Å². The van der Waals surface area contributed by atoms with Crippen molar-refractivity contribution in [3.05, 3.63) is 0 Å². The molecular weight excluding hydrogens is 206 g/mol. The van der Waals surface area contributed by atoms with E-state index in [0.717, 1.165) is 12.8 Å². The van der Waals surface area contributed by atoms with Gasteiger partial charge in [0.2, 0.25) is 0 Å². The number of hydrogen-bond acceptors (Lipinski definition) is 4. The average Bonchev–Trinajstić information content (AvgIpc) is 2.25. The quantitative estimate of drug-likeness (QED) is 0.507. The highest BCUT2D eigenvalue weighted by molar-refractivity contribution is 5.85. The minimum Gasteiger partial charge on any atom is -0.466 e. The van der Waals surface area contributed by atoms with E-state index < -0.39 is 6.04 Å². The number of unbranched alkanes of at least 4 members (excludes halogenated alkanes) is 1. The Morgan fingerprint density at radius 3 is 2.44 bits per heavy atom. The second-order valence-electron chi connectivity index (χ2n) is 4.28. The molecule has 0 aliphatic rings. The van der Waals surface area contributed by atoms with E-state index in [1.165, 1.54) is 0 Å². The Kier molecular flexibility index (Phi) is 7.81. The third-order valence-electron chi connectivity index (χ3n) is 2.35. The zero-order valence-corrected chi connectivity index (χ0v) is 10.5. The lowest BCUT2D eigenvalue weighted by Crippen LogP contribution is -2.34. The van der Waals surface area contributed by atoms with Crippen molar-refractivity contribution < 1.29 is 14.3 Å². The van der Waals surface area contributed by atoms with Gasteiger partial charge in [-0.25, -0.2) is 0 Å². The summed E-state index contributed by atoms with van der Waals surface area (Å²) < 4.78 is 4.97. The summed E-state index contributed by atoms with van der Waals surface area (Å²) >= 11 is 0.